The van der Waals surface area contributed by atoms with Gasteiger partial charge < -0.3 is 0 Å². The first-order valence-electron chi connectivity index (χ1n) is 4.83. The van der Waals surface area contributed by atoms with E-state index in [2.05, 4.69) is 38.2 Å². The second-order valence-corrected chi connectivity index (χ2v) is 4.43. The van der Waals surface area contributed by atoms with Crippen molar-refractivity contribution in [2.24, 2.45) is 23.7 Å². The van der Waals surface area contributed by atoms with Gasteiger partial charge in [0.1, 0.15) is 0 Å². The van der Waals surface area contributed by atoms with E-state index in [1.165, 1.54) is 5.57 Å². The molecule has 3 aliphatic carbocycles. The van der Waals surface area contributed by atoms with E-state index in [9.17, 15) is 0 Å². The highest BCUT2D eigenvalue weighted by Crippen LogP contribution is 2.59. The van der Waals surface area contributed by atoms with Crippen LogP contribution in [0.3, 0.4) is 0 Å². The summed E-state index contributed by atoms with van der Waals surface area (Å²) >= 11 is 0. The predicted molar refractivity (Wildman–Crippen MR) is 50.6 cm³/mol. The van der Waals surface area contributed by atoms with Crippen LogP contribution in [0.2, 0.25) is 0 Å². The second-order valence-electron chi connectivity index (χ2n) is 4.43. The van der Waals surface area contributed by atoms with E-state index in [1.54, 1.807) is 5.57 Å². The van der Waals surface area contributed by atoms with Crippen molar-refractivity contribution in [2.45, 2.75) is 13.8 Å². The molecule has 0 nitrogen and oxygen atoms in total. The molecule has 0 aromatic rings. The highest BCUT2D eigenvalue weighted by Gasteiger charge is 2.51. The van der Waals surface area contributed by atoms with Crippen molar-refractivity contribution in [3.63, 3.8) is 0 Å². The van der Waals surface area contributed by atoms with Gasteiger partial charge in [0.15, 0.2) is 0 Å². The average molecular weight is 158 g/mol. The Morgan fingerprint density at radius 3 is 2.08 bits per heavy atom. The summed E-state index contributed by atoms with van der Waals surface area (Å²) in [7, 11) is 0. The monoisotopic (exact) mass is 158 g/mol. The summed E-state index contributed by atoms with van der Waals surface area (Å²) in [6.07, 6.45) is 9.61. The molecule has 2 atom stereocenters. The Morgan fingerprint density at radius 2 is 1.58 bits per heavy atom. The highest BCUT2D eigenvalue weighted by atomic mass is 14.5. The molecule has 12 heavy (non-hydrogen) atoms. The van der Waals surface area contributed by atoms with E-state index in [-0.39, 0.29) is 0 Å². The predicted octanol–water partition coefficient (Wildman–Crippen LogP) is 2.94. The van der Waals surface area contributed by atoms with Crippen molar-refractivity contribution < 1.29 is 0 Å². The minimum Gasteiger partial charge on any atom is -0.0807 e. The topological polar surface area (TPSA) is 0 Å². The van der Waals surface area contributed by atoms with Gasteiger partial charge in [-0.1, -0.05) is 35.5 Å². The van der Waals surface area contributed by atoms with Crippen LogP contribution in [0.25, 0.3) is 0 Å². The van der Waals surface area contributed by atoms with E-state index in [4.69, 9.17) is 0 Å². The Labute approximate surface area is 73.7 Å². The summed E-state index contributed by atoms with van der Waals surface area (Å²) in [5.41, 5.74) is 3.24. The molecule has 3 aliphatic rings. The van der Waals surface area contributed by atoms with Crippen LogP contribution < -0.4 is 0 Å². The lowest BCUT2D eigenvalue weighted by Crippen LogP contribution is -2.35. The van der Waals surface area contributed by atoms with Crippen LogP contribution in [0.15, 0.2) is 35.5 Å². The van der Waals surface area contributed by atoms with Gasteiger partial charge in [-0.15, -0.1) is 0 Å². The molecular formula is C12H14. The molecule has 62 valence electrons. The fourth-order valence-corrected chi connectivity index (χ4v) is 3.17. The molecule has 0 aromatic heterocycles. The summed E-state index contributed by atoms with van der Waals surface area (Å²) in [5.74, 6) is 3.32. The number of rotatable bonds is 0. The second kappa shape index (κ2) is 1.93. The summed E-state index contributed by atoms with van der Waals surface area (Å²) in [6.45, 7) is 4.50. The molecule has 0 N–H and O–H groups in total. The molecule has 0 radical (unpaired) electrons. The smallest absolute Gasteiger partial charge is 0.00311 e. The Kier molecular flexibility index (Phi) is 1.08. The van der Waals surface area contributed by atoms with E-state index < -0.39 is 0 Å². The summed E-state index contributed by atoms with van der Waals surface area (Å²) in [5, 5.41) is 0. The van der Waals surface area contributed by atoms with Gasteiger partial charge in [0.2, 0.25) is 0 Å². The molecule has 1 fully saturated rings. The van der Waals surface area contributed by atoms with Crippen molar-refractivity contribution in [2.75, 3.05) is 0 Å². The first-order chi connectivity index (χ1) is 5.79. The third-order valence-corrected chi connectivity index (χ3v) is 3.65. The first-order valence-corrected chi connectivity index (χ1v) is 4.83. The van der Waals surface area contributed by atoms with Crippen molar-refractivity contribution in [1.29, 1.82) is 0 Å². The molecule has 2 unspecified atom stereocenters. The minimum absolute atomic E-state index is 0.781. The summed E-state index contributed by atoms with van der Waals surface area (Å²) in [4.78, 5) is 0. The van der Waals surface area contributed by atoms with Crippen molar-refractivity contribution in [3.8, 4) is 0 Å². The number of hydrogen-bond donors (Lipinski definition) is 0. The molecule has 0 heteroatoms. The van der Waals surface area contributed by atoms with Gasteiger partial charge in [-0.25, -0.2) is 0 Å². The van der Waals surface area contributed by atoms with Crippen molar-refractivity contribution >= 4 is 0 Å². The van der Waals surface area contributed by atoms with E-state index in [1.807, 2.05) is 0 Å². The Bertz CT molecular complexity index is 289. The zero-order valence-corrected chi connectivity index (χ0v) is 7.62. The lowest BCUT2D eigenvalue weighted by molar-refractivity contribution is 0.256. The van der Waals surface area contributed by atoms with Crippen LogP contribution >= 0.6 is 0 Å². The molecule has 1 saturated carbocycles. The molecule has 0 aliphatic heterocycles. The van der Waals surface area contributed by atoms with Crippen molar-refractivity contribution in [3.05, 3.63) is 35.5 Å². The van der Waals surface area contributed by atoms with Gasteiger partial charge in [0.25, 0.3) is 0 Å². The van der Waals surface area contributed by atoms with Crippen LogP contribution in [0.4, 0.5) is 0 Å². The Hall–Kier alpha value is -0.780. The first kappa shape index (κ1) is 6.71. The molecular weight excluding hydrogens is 144 g/mol. The van der Waals surface area contributed by atoms with E-state index in [0.29, 0.717) is 0 Å². The molecule has 0 bridgehead atoms. The number of allylic oxidation sites excluding steroid dienone is 6. The standard InChI is InChI=1S/C12H14/c1-7(2)11-9-5-3-8-4-6-10(11)12(8)9/h3-6,8-10,12H,1-2H3. The zero-order chi connectivity index (χ0) is 8.29. The lowest BCUT2D eigenvalue weighted by atomic mass is 9.61. The fourth-order valence-electron chi connectivity index (χ4n) is 3.17. The normalized spacial score (nSPS) is 46.3. The van der Waals surface area contributed by atoms with Crippen LogP contribution in [0.5, 0.6) is 0 Å². The Balaban J connectivity index is 2.09. The van der Waals surface area contributed by atoms with Crippen LogP contribution in [0, 0.1) is 23.7 Å². The molecule has 0 heterocycles. The van der Waals surface area contributed by atoms with Gasteiger partial charge in [0, 0.05) is 11.8 Å². The van der Waals surface area contributed by atoms with Crippen LogP contribution in [-0.4, -0.2) is 0 Å². The van der Waals surface area contributed by atoms with Crippen molar-refractivity contribution in [1.82, 2.24) is 0 Å². The quantitative estimate of drug-likeness (QED) is 0.475. The SMILES string of the molecule is CC(C)=C1C2C=CC3C=CC1C32. The van der Waals surface area contributed by atoms with Gasteiger partial charge in [-0.2, -0.15) is 0 Å². The highest BCUT2D eigenvalue weighted by molar-refractivity contribution is 5.44. The third kappa shape index (κ3) is 0.565. The van der Waals surface area contributed by atoms with E-state index in [0.717, 1.165) is 23.7 Å². The molecule has 0 saturated heterocycles. The van der Waals surface area contributed by atoms with Gasteiger partial charge in [-0.3, -0.25) is 0 Å². The average Bonchev–Trinajstić information content (AvgIpc) is 2.36. The summed E-state index contributed by atoms with van der Waals surface area (Å²) < 4.78 is 0. The fraction of sp³-hybridized carbons (Fsp3) is 0.500. The van der Waals surface area contributed by atoms with Crippen LogP contribution in [-0.2, 0) is 0 Å². The molecule has 0 aromatic carbocycles. The Morgan fingerprint density at radius 1 is 1.00 bits per heavy atom. The van der Waals surface area contributed by atoms with Gasteiger partial charge >= 0.3 is 0 Å². The maximum Gasteiger partial charge on any atom is 0.00311 e. The third-order valence-electron chi connectivity index (χ3n) is 3.65. The molecule has 3 rings (SSSR count). The minimum atomic E-state index is 0.781. The van der Waals surface area contributed by atoms with E-state index >= 15 is 0 Å². The summed E-state index contributed by atoms with van der Waals surface area (Å²) in [6, 6.07) is 0. The lowest BCUT2D eigenvalue weighted by Gasteiger charge is -2.42. The molecule has 0 spiro atoms. The zero-order valence-electron chi connectivity index (χ0n) is 7.62. The van der Waals surface area contributed by atoms with Gasteiger partial charge in [-0.05, 0) is 25.7 Å². The van der Waals surface area contributed by atoms with Gasteiger partial charge in [0.05, 0.1) is 0 Å². The maximum atomic E-state index is 2.41. The van der Waals surface area contributed by atoms with Crippen LogP contribution in [0.1, 0.15) is 13.8 Å². The number of hydrogen-bond acceptors (Lipinski definition) is 0. The largest absolute Gasteiger partial charge is 0.0807 e. The molecule has 0 amide bonds. The maximum absolute atomic E-state index is 2.41.